The lowest BCUT2D eigenvalue weighted by Gasteiger charge is -2.31. The minimum Gasteiger partial charge on any atom is -0.453 e. The number of alkyl carbamates (subject to hydrolysis) is 1. The Labute approximate surface area is 311 Å². The molecule has 3 aliphatic heterocycles. The highest BCUT2D eigenvalue weighted by molar-refractivity contribution is 8.00. The summed E-state index contributed by atoms with van der Waals surface area (Å²) in [5.41, 5.74) is 5.53. The number of fused-ring (bicyclic) bond motifs is 11. The third kappa shape index (κ3) is 11.5. The van der Waals surface area contributed by atoms with Gasteiger partial charge in [-0.3, -0.25) is 14.4 Å². The topological polar surface area (TPSA) is 149 Å². The van der Waals surface area contributed by atoms with E-state index in [2.05, 4.69) is 27.5 Å². The molecule has 2 aromatic carbocycles. The smallest absolute Gasteiger partial charge is 0.407 e. The molecule has 11 nitrogen and oxygen atoms in total. The molecule has 3 heterocycles. The van der Waals surface area contributed by atoms with Crippen LogP contribution >= 0.6 is 11.8 Å². The maximum Gasteiger partial charge on any atom is 0.407 e. The largest absolute Gasteiger partial charge is 0.453 e. The predicted octanol–water partition coefficient (Wildman–Crippen LogP) is 4.17. The van der Waals surface area contributed by atoms with E-state index in [1.54, 1.807) is 10.9 Å². The van der Waals surface area contributed by atoms with E-state index in [0.717, 1.165) is 33.8 Å². The first-order valence-electron chi connectivity index (χ1n) is 17.9. The quantitative estimate of drug-likeness (QED) is 0.107. The standard InChI is InChI=1S/C40H53N5O6S/c1-27(2)33-35(46)41-21-8-7-10-28-11-13-29(14-12-28)24-40(50,37(48)42-33)20-9-22-45(44-36(47)34(39(3,4)5)43-38(49)51-6)25-30-15-17-31(18-16-30)32-19-23-52-26-32/h7-8,11-19,25,27,33-34,50H,9-10,20-24,26H2,1-6H3,(H3-,41,42,43,44,46,47,48,49)/p+1/b8-7-,45-25-/t33-,34+,40+/m0/s1. The fourth-order valence-electron chi connectivity index (χ4n) is 6.10. The van der Waals surface area contributed by atoms with Gasteiger partial charge >= 0.3 is 6.09 Å². The summed E-state index contributed by atoms with van der Waals surface area (Å²) in [5, 5.41) is 20.5. The molecular weight excluding hydrogens is 679 g/mol. The minimum absolute atomic E-state index is 0.0300. The van der Waals surface area contributed by atoms with Crippen molar-refractivity contribution in [1.29, 1.82) is 0 Å². The second kappa shape index (κ2) is 18.4. The first-order valence-corrected chi connectivity index (χ1v) is 19.0. The number of thioether (sulfide) groups is 1. The van der Waals surface area contributed by atoms with Crippen LogP contribution in [0.2, 0.25) is 0 Å². The molecule has 5 N–H and O–H groups in total. The van der Waals surface area contributed by atoms with Crippen molar-refractivity contribution in [2.24, 2.45) is 11.3 Å². The number of ether oxygens (including phenoxy) is 1. The van der Waals surface area contributed by atoms with Gasteiger partial charge in [-0.2, -0.15) is 11.8 Å². The number of hydrazine groups is 1. The molecule has 5 rings (SSSR count). The first-order chi connectivity index (χ1) is 24.7. The Kier molecular flexibility index (Phi) is 14.3. The van der Waals surface area contributed by atoms with Gasteiger partial charge in [-0.25, -0.2) is 4.79 Å². The predicted molar refractivity (Wildman–Crippen MR) is 206 cm³/mol. The van der Waals surface area contributed by atoms with Gasteiger partial charge in [0, 0.05) is 36.5 Å². The molecule has 52 heavy (non-hydrogen) atoms. The molecular formula is C40H54N5O6S+. The third-order valence-corrected chi connectivity index (χ3v) is 10.1. The van der Waals surface area contributed by atoms with E-state index in [1.165, 1.54) is 12.7 Å². The molecule has 0 fully saturated rings. The number of hydrazone groups is 1. The van der Waals surface area contributed by atoms with Crippen LogP contribution in [0, 0.1) is 11.3 Å². The van der Waals surface area contributed by atoms with Crippen molar-refractivity contribution in [3.63, 3.8) is 0 Å². The summed E-state index contributed by atoms with van der Waals surface area (Å²) < 4.78 is 6.41. The second-order valence-electron chi connectivity index (χ2n) is 14.8. The van der Waals surface area contributed by atoms with Gasteiger partial charge in [-0.05, 0) is 58.6 Å². The van der Waals surface area contributed by atoms with Gasteiger partial charge in [0.2, 0.25) is 12.1 Å². The average Bonchev–Trinajstić information content (AvgIpc) is 3.64. The van der Waals surface area contributed by atoms with Gasteiger partial charge in [0.05, 0.1) is 7.11 Å². The number of nitrogens with zero attached hydrogens (tertiary/aromatic N) is 1. The maximum absolute atomic E-state index is 14.0. The Morgan fingerprint density at radius 1 is 1.08 bits per heavy atom. The lowest BCUT2D eigenvalue weighted by atomic mass is 9.86. The highest BCUT2D eigenvalue weighted by atomic mass is 32.2. The molecule has 2 aromatic rings. The molecule has 3 atom stereocenters. The lowest BCUT2D eigenvalue weighted by Crippen LogP contribution is -2.57. The number of carbonyl (C=O) groups excluding carboxylic acids is 4. The fraction of sp³-hybridized carbons (Fsp3) is 0.475. The number of aliphatic hydroxyl groups is 1. The van der Waals surface area contributed by atoms with Crippen molar-refractivity contribution < 1.29 is 33.7 Å². The molecule has 12 heteroatoms. The van der Waals surface area contributed by atoms with Gasteiger partial charge in [-0.1, -0.05) is 89.2 Å². The van der Waals surface area contributed by atoms with Crippen molar-refractivity contribution in [3.05, 3.63) is 89.0 Å². The minimum atomic E-state index is -1.86. The number of methoxy groups -OCH3 is 1. The molecule has 0 aromatic heterocycles. The fourth-order valence-corrected chi connectivity index (χ4v) is 7.04. The number of hydrogen-bond acceptors (Lipinski definition) is 7. The summed E-state index contributed by atoms with van der Waals surface area (Å²) in [6.45, 7) is 9.76. The Morgan fingerprint density at radius 3 is 2.38 bits per heavy atom. The van der Waals surface area contributed by atoms with Gasteiger partial charge < -0.3 is 25.8 Å². The zero-order valence-corrected chi connectivity index (χ0v) is 32.0. The summed E-state index contributed by atoms with van der Waals surface area (Å²) in [7, 11) is 1.24. The molecule has 3 aliphatic rings. The molecule has 0 saturated carbocycles. The molecule has 280 valence electrons. The van der Waals surface area contributed by atoms with E-state index in [0.29, 0.717) is 13.0 Å². The normalized spacial score (nSPS) is 21.3. The van der Waals surface area contributed by atoms with Crippen molar-refractivity contribution in [2.75, 3.05) is 31.7 Å². The molecule has 4 amide bonds. The molecule has 0 radical (unpaired) electrons. The van der Waals surface area contributed by atoms with Gasteiger partial charge in [0.15, 0.2) is 6.54 Å². The van der Waals surface area contributed by atoms with E-state index in [4.69, 9.17) is 4.74 Å². The Balaban J connectivity index is 1.62. The summed E-state index contributed by atoms with van der Waals surface area (Å²) >= 11 is 1.87. The second-order valence-corrected chi connectivity index (χ2v) is 15.9. The summed E-state index contributed by atoms with van der Waals surface area (Å²) in [5.74, 6) is 0.320. The van der Waals surface area contributed by atoms with Crippen LogP contribution in [-0.2, 0) is 32.0 Å². The number of rotatable bonds is 10. The number of amides is 4. The molecule has 0 spiro atoms. The lowest BCUT2D eigenvalue weighted by molar-refractivity contribution is -0.570. The van der Waals surface area contributed by atoms with Crippen LogP contribution in [0.1, 0.15) is 69.7 Å². The molecule has 0 saturated heterocycles. The Hall–Kier alpha value is -4.42. The summed E-state index contributed by atoms with van der Waals surface area (Å²) in [6, 6.07) is 14.0. The number of allylic oxidation sites excluding steroid dienone is 1. The van der Waals surface area contributed by atoms with Gasteiger partial charge in [0.25, 0.3) is 11.8 Å². The van der Waals surface area contributed by atoms with E-state index >= 15 is 0 Å². The van der Waals surface area contributed by atoms with E-state index in [1.807, 2.05) is 107 Å². The Bertz CT molecular complexity index is 1660. The van der Waals surface area contributed by atoms with Gasteiger partial charge in [0.1, 0.15) is 17.7 Å². The zero-order chi connectivity index (χ0) is 37.9. The number of carbonyl (C=O) groups is 4. The summed E-state index contributed by atoms with van der Waals surface area (Å²) in [6.07, 6.45) is 8.21. The number of benzene rings is 2. The maximum atomic E-state index is 14.0. The van der Waals surface area contributed by atoms with Crippen molar-refractivity contribution in [3.8, 4) is 0 Å². The van der Waals surface area contributed by atoms with E-state index in [-0.39, 0.29) is 37.6 Å². The average molecular weight is 733 g/mol. The van der Waals surface area contributed by atoms with E-state index in [9.17, 15) is 24.3 Å². The monoisotopic (exact) mass is 732 g/mol. The van der Waals surface area contributed by atoms with Crippen LogP contribution in [0.3, 0.4) is 0 Å². The van der Waals surface area contributed by atoms with Crippen LogP contribution in [0.4, 0.5) is 4.79 Å². The van der Waals surface area contributed by atoms with Crippen LogP contribution in [0.5, 0.6) is 0 Å². The van der Waals surface area contributed by atoms with Crippen molar-refractivity contribution >= 4 is 47.4 Å². The van der Waals surface area contributed by atoms with Gasteiger partial charge in [-0.15, -0.1) is 10.1 Å². The highest BCUT2D eigenvalue weighted by Crippen LogP contribution is 2.26. The number of hydrogen-bond donors (Lipinski definition) is 5. The number of nitrogens with one attached hydrogen (secondary N) is 4. The molecule has 0 unspecified atom stereocenters. The third-order valence-electron chi connectivity index (χ3n) is 9.20. The van der Waals surface area contributed by atoms with Crippen molar-refractivity contribution in [2.45, 2.75) is 78.0 Å². The summed E-state index contributed by atoms with van der Waals surface area (Å²) in [4.78, 5) is 53.0. The van der Waals surface area contributed by atoms with Crippen LogP contribution in [0.25, 0.3) is 5.57 Å². The SMILES string of the molecule is COC(=O)N[C@H](C(=O)N/[N+](=C\c1ccc(C2=CCSC2)cc1)CCC[C@@]1(O)Cc2ccc(cc2)C/C=C\CNC(=O)[C@H](C(C)C)NC1=O)C(C)(C)C. The van der Waals surface area contributed by atoms with Crippen LogP contribution < -0.4 is 21.4 Å². The first kappa shape index (κ1) is 40.4. The highest BCUT2D eigenvalue weighted by Gasteiger charge is 2.40. The van der Waals surface area contributed by atoms with Crippen molar-refractivity contribution in [1.82, 2.24) is 21.4 Å². The van der Waals surface area contributed by atoms with Crippen LogP contribution in [0.15, 0.2) is 66.8 Å². The van der Waals surface area contributed by atoms with E-state index < -0.39 is 41.0 Å². The molecule has 2 bridgehead atoms. The zero-order valence-electron chi connectivity index (χ0n) is 31.2. The molecule has 0 aliphatic carbocycles. The Morgan fingerprint density at radius 2 is 1.77 bits per heavy atom. The van der Waals surface area contributed by atoms with Crippen LogP contribution in [-0.4, -0.2) is 89.2 Å².